The molecule has 0 saturated heterocycles. The van der Waals surface area contributed by atoms with E-state index in [1.165, 1.54) is 12.1 Å². The van der Waals surface area contributed by atoms with Crippen LogP contribution < -0.4 is 5.32 Å². The third-order valence-corrected chi connectivity index (χ3v) is 2.02. The SMILES string of the molecule is O=C(O)C[C@H](NC(=O)c1ccccc1)C(=O)O. The highest BCUT2D eigenvalue weighted by Gasteiger charge is 2.23. The smallest absolute Gasteiger partial charge is 0.326 e. The van der Waals surface area contributed by atoms with E-state index in [0.29, 0.717) is 0 Å². The minimum atomic E-state index is -1.43. The lowest BCUT2D eigenvalue weighted by Gasteiger charge is -2.12. The molecule has 0 heterocycles. The van der Waals surface area contributed by atoms with Crippen molar-refractivity contribution in [1.29, 1.82) is 0 Å². The highest BCUT2D eigenvalue weighted by molar-refractivity contribution is 5.97. The van der Waals surface area contributed by atoms with E-state index in [1.807, 2.05) is 0 Å². The molecule has 90 valence electrons. The quantitative estimate of drug-likeness (QED) is 0.685. The molecule has 0 aliphatic heterocycles. The van der Waals surface area contributed by atoms with Gasteiger partial charge < -0.3 is 15.5 Å². The molecule has 0 saturated carbocycles. The van der Waals surface area contributed by atoms with Crippen molar-refractivity contribution in [3.63, 3.8) is 0 Å². The van der Waals surface area contributed by atoms with Crippen molar-refractivity contribution < 1.29 is 24.6 Å². The fraction of sp³-hybridized carbons (Fsp3) is 0.182. The highest BCUT2D eigenvalue weighted by atomic mass is 16.4. The number of benzene rings is 1. The number of hydrogen-bond donors (Lipinski definition) is 3. The van der Waals surface area contributed by atoms with Crippen molar-refractivity contribution >= 4 is 17.8 Å². The second-order valence-corrected chi connectivity index (χ2v) is 3.33. The molecule has 3 N–H and O–H groups in total. The molecule has 1 amide bonds. The number of rotatable bonds is 5. The summed E-state index contributed by atoms with van der Waals surface area (Å²) in [4.78, 5) is 32.7. The van der Waals surface area contributed by atoms with Gasteiger partial charge in [0.15, 0.2) is 0 Å². The summed E-state index contributed by atoms with van der Waals surface area (Å²) in [6.45, 7) is 0. The van der Waals surface area contributed by atoms with Gasteiger partial charge in [-0.2, -0.15) is 0 Å². The second-order valence-electron chi connectivity index (χ2n) is 3.33. The molecule has 0 fully saturated rings. The summed E-state index contributed by atoms with van der Waals surface area (Å²) in [5.74, 6) is -3.28. The lowest BCUT2D eigenvalue weighted by molar-refractivity contribution is -0.145. The number of carboxylic acids is 2. The first-order valence-corrected chi connectivity index (χ1v) is 4.81. The van der Waals surface area contributed by atoms with Gasteiger partial charge in [-0.15, -0.1) is 0 Å². The second kappa shape index (κ2) is 5.64. The minimum Gasteiger partial charge on any atom is -0.481 e. The van der Waals surface area contributed by atoms with Crippen molar-refractivity contribution in [2.75, 3.05) is 0 Å². The van der Waals surface area contributed by atoms with Gasteiger partial charge in [0.1, 0.15) is 6.04 Å². The molecule has 6 nitrogen and oxygen atoms in total. The van der Waals surface area contributed by atoms with Gasteiger partial charge in [-0.25, -0.2) is 4.79 Å². The largest absolute Gasteiger partial charge is 0.481 e. The average molecular weight is 237 g/mol. The highest BCUT2D eigenvalue weighted by Crippen LogP contribution is 2.00. The predicted molar refractivity (Wildman–Crippen MR) is 57.6 cm³/mol. The molecule has 1 atom stereocenters. The van der Waals surface area contributed by atoms with E-state index in [-0.39, 0.29) is 5.56 Å². The van der Waals surface area contributed by atoms with Gasteiger partial charge in [-0.05, 0) is 12.1 Å². The normalized spacial score (nSPS) is 11.5. The van der Waals surface area contributed by atoms with Crippen molar-refractivity contribution in [1.82, 2.24) is 5.32 Å². The first-order chi connectivity index (χ1) is 8.00. The fourth-order valence-electron chi connectivity index (χ4n) is 1.21. The molecule has 0 spiro atoms. The van der Waals surface area contributed by atoms with Crippen LogP contribution in [-0.2, 0) is 9.59 Å². The Balaban J connectivity index is 2.71. The van der Waals surface area contributed by atoms with Gasteiger partial charge in [0.05, 0.1) is 6.42 Å². The maximum absolute atomic E-state index is 11.6. The van der Waals surface area contributed by atoms with Crippen LogP contribution in [0.25, 0.3) is 0 Å². The first kappa shape index (κ1) is 12.7. The average Bonchev–Trinajstić information content (AvgIpc) is 2.28. The molecule has 0 aliphatic rings. The van der Waals surface area contributed by atoms with Crippen LogP contribution in [0.1, 0.15) is 16.8 Å². The monoisotopic (exact) mass is 237 g/mol. The van der Waals surface area contributed by atoms with E-state index >= 15 is 0 Å². The Morgan fingerprint density at radius 1 is 1.12 bits per heavy atom. The number of carbonyl (C=O) groups is 3. The summed E-state index contributed by atoms with van der Waals surface area (Å²) in [7, 11) is 0. The van der Waals surface area contributed by atoms with E-state index in [2.05, 4.69) is 5.32 Å². The zero-order valence-corrected chi connectivity index (χ0v) is 8.79. The Kier molecular flexibility index (Phi) is 4.21. The predicted octanol–water partition coefficient (Wildman–Crippen LogP) is 0.344. The third kappa shape index (κ3) is 3.94. The van der Waals surface area contributed by atoms with Crippen molar-refractivity contribution in [3.8, 4) is 0 Å². The Morgan fingerprint density at radius 3 is 2.18 bits per heavy atom. The van der Waals surface area contributed by atoms with Gasteiger partial charge in [0.25, 0.3) is 5.91 Å². The summed E-state index contributed by atoms with van der Waals surface area (Å²) in [5, 5.41) is 19.4. The summed E-state index contributed by atoms with van der Waals surface area (Å²) in [6, 6.07) is 6.55. The van der Waals surface area contributed by atoms with E-state index in [4.69, 9.17) is 10.2 Å². The van der Waals surface area contributed by atoms with Gasteiger partial charge in [0.2, 0.25) is 0 Å². The Bertz CT molecular complexity index is 429. The van der Waals surface area contributed by atoms with Gasteiger partial charge in [-0.1, -0.05) is 18.2 Å². The number of carbonyl (C=O) groups excluding carboxylic acids is 1. The molecule has 1 aromatic rings. The third-order valence-electron chi connectivity index (χ3n) is 2.02. The molecule has 1 rings (SSSR count). The maximum atomic E-state index is 11.6. The molecule has 1 aromatic carbocycles. The molecule has 17 heavy (non-hydrogen) atoms. The van der Waals surface area contributed by atoms with Crippen LogP contribution in [0, 0.1) is 0 Å². The number of hydrogen-bond acceptors (Lipinski definition) is 3. The summed E-state index contributed by atoms with van der Waals surface area (Å²) >= 11 is 0. The summed E-state index contributed by atoms with van der Waals surface area (Å²) in [6.07, 6.45) is -0.659. The van der Waals surface area contributed by atoms with Gasteiger partial charge >= 0.3 is 11.9 Å². The number of nitrogens with one attached hydrogen (secondary N) is 1. The molecule has 6 heteroatoms. The summed E-state index contributed by atoms with van der Waals surface area (Å²) < 4.78 is 0. The molecule has 0 aromatic heterocycles. The Morgan fingerprint density at radius 2 is 1.71 bits per heavy atom. The van der Waals surface area contributed by atoms with Crippen molar-refractivity contribution in [2.24, 2.45) is 0 Å². The number of amides is 1. The maximum Gasteiger partial charge on any atom is 0.326 e. The lowest BCUT2D eigenvalue weighted by atomic mass is 10.1. The Labute approximate surface area is 96.9 Å². The van der Waals surface area contributed by atoms with Crippen LogP contribution in [0.2, 0.25) is 0 Å². The van der Waals surface area contributed by atoms with Crippen LogP contribution in [0.4, 0.5) is 0 Å². The van der Waals surface area contributed by atoms with Crippen molar-refractivity contribution in [3.05, 3.63) is 35.9 Å². The van der Waals surface area contributed by atoms with Crippen LogP contribution >= 0.6 is 0 Å². The zero-order valence-electron chi connectivity index (χ0n) is 8.79. The van der Waals surface area contributed by atoms with E-state index in [1.54, 1.807) is 18.2 Å². The standard InChI is InChI=1S/C11H11NO5/c13-9(14)6-8(11(16)17)12-10(15)7-4-2-1-3-5-7/h1-5,8H,6H2,(H,12,15)(H,13,14)(H,16,17)/t8-/m0/s1. The molecule has 0 aliphatic carbocycles. The topological polar surface area (TPSA) is 104 Å². The van der Waals surface area contributed by atoms with E-state index < -0.39 is 30.3 Å². The van der Waals surface area contributed by atoms with Gasteiger partial charge in [-0.3, -0.25) is 9.59 Å². The molecule has 0 radical (unpaired) electrons. The van der Waals surface area contributed by atoms with Crippen molar-refractivity contribution in [2.45, 2.75) is 12.5 Å². The van der Waals surface area contributed by atoms with Crippen LogP contribution in [0.5, 0.6) is 0 Å². The van der Waals surface area contributed by atoms with E-state index in [9.17, 15) is 14.4 Å². The van der Waals surface area contributed by atoms with E-state index in [0.717, 1.165) is 0 Å². The van der Waals surface area contributed by atoms with Gasteiger partial charge in [0, 0.05) is 5.56 Å². The lowest BCUT2D eigenvalue weighted by Crippen LogP contribution is -2.42. The first-order valence-electron chi connectivity index (χ1n) is 4.81. The number of carboxylic acid groups (broad SMARTS) is 2. The van der Waals surface area contributed by atoms with Crippen LogP contribution in [-0.4, -0.2) is 34.1 Å². The van der Waals surface area contributed by atoms with Crippen LogP contribution in [0.3, 0.4) is 0 Å². The minimum absolute atomic E-state index is 0.282. The molecular weight excluding hydrogens is 226 g/mol. The molecule has 0 unspecified atom stereocenters. The molecular formula is C11H11NO5. The fourth-order valence-corrected chi connectivity index (χ4v) is 1.21. The number of aliphatic carboxylic acids is 2. The Hall–Kier alpha value is -2.37. The van der Waals surface area contributed by atoms with Crippen LogP contribution in [0.15, 0.2) is 30.3 Å². The molecule has 0 bridgehead atoms. The summed E-state index contributed by atoms with van der Waals surface area (Å²) in [5.41, 5.74) is 0.282. The zero-order chi connectivity index (χ0) is 12.8.